The zero-order chi connectivity index (χ0) is 10.9. The van der Waals surface area contributed by atoms with Crippen LogP contribution >= 0.6 is 23.2 Å². The van der Waals surface area contributed by atoms with Gasteiger partial charge in [-0.3, -0.25) is 4.79 Å². The van der Waals surface area contributed by atoms with Crippen LogP contribution in [0.3, 0.4) is 0 Å². The molecule has 1 aromatic carbocycles. The highest BCUT2D eigenvalue weighted by molar-refractivity contribution is 6.43. The highest BCUT2D eigenvalue weighted by Crippen LogP contribution is 2.36. The van der Waals surface area contributed by atoms with Crippen LogP contribution in [-0.2, 0) is 11.2 Å². The SMILES string of the molecule is CC(=O)Cc1cc(F)c(Cl)c(Cl)c1O. The second-order valence-electron chi connectivity index (χ2n) is 2.87. The van der Waals surface area contributed by atoms with Crippen molar-refractivity contribution < 1.29 is 14.3 Å². The van der Waals surface area contributed by atoms with E-state index in [1.54, 1.807) is 0 Å². The summed E-state index contributed by atoms with van der Waals surface area (Å²) < 4.78 is 13.0. The van der Waals surface area contributed by atoms with E-state index in [4.69, 9.17) is 23.2 Å². The van der Waals surface area contributed by atoms with Gasteiger partial charge in [0.15, 0.2) is 0 Å². The first-order valence-electron chi connectivity index (χ1n) is 3.78. The molecule has 0 bridgehead atoms. The molecule has 14 heavy (non-hydrogen) atoms. The van der Waals surface area contributed by atoms with Crippen molar-refractivity contribution >= 4 is 29.0 Å². The topological polar surface area (TPSA) is 37.3 Å². The van der Waals surface area contributed by atoms with E-state index in [-0.39, 0.29) is 33.6 Å². The number of aromatic hydroxyl groups is 1. The number of phenols is 1. The molecule has 0 aromatic heterocycles. The van der Waals surface area contributed by atoms with Crippen LogP contribution in [-0.4, -0.2) is 10.9 Å². The fourth-order valence-corrected chi connectivity index (χ4v) is 1.39. The zero-order valence-corrected chi connectivity index (χ0v) is 8.79. The standard InChI is InChI=1S/C9H7Cl2FO2/c1-4(13)2-5-3-6(12)7(10)8(11)9(5)14/h3,14H,2H2,1H3. The van der Waals surface area contributed by atoms with E-state index in [0.717, 1.165) is 6.07 Å². The number of ketones is 1. The molecule has 2 nitrogen and oxygen atoms in total. The van der Waals surface area contributed by atoms with E-state index in [9.17, 15) is 14.3 Å². The summed E-state index contributed by atoms with van der Waals surface area (Å²) in [6.07, 6.45) is -0.0698. The van der Waals surface area contributed by atoms with Crippen molar-refractivity contribution in [3.05, 3.63) is 27.5 Å². The molecule has 0 saturated carbocycles. The number of hydrogen-bond acceptors (Lipinski definition) is 2. The Bertz CT molecular complexity index is 391. The van der Waals surface area contributed by atoms with Gasteiger partial charge in [0.1, 0.15) is 22.4 Å². The van der Waals surface area contributed by atoms with Gasteiger partial charge in [0.05, 0.1) is 5.02 Å². The molecule has 0 radical (unpaired) electrons. The van der Waals surface area contributed by atoms with Crippen molar-refractivity contribution in [2.75, 3.05) is 0 Å². The number of Topliss-reactive ketones (excluding diaryl/α,β-unsaturated/α-hetero) is 1. The molecule has 5 heteroatoms. The monoisotopic (exact) mass is 236 g/mol. The largest absolute Gasteiger partial charge is 0.506 e. The number of phenolic OH excluding ortho intramolecular Hbond substituents is 1. The number of hydrogen-bond donors (Lipinski definition) is 1. The van der Waals surface area contributed by atoms with E-state index in [1.807, 2.05) is 0 Å². The molecule has 0 spiro atoms. The second kappa shape index (κ2) is 4.15. The number of rotatable bonds is 2. The van der Waals surface area contributed by atoms with Crippen molar-refractivity contribution in [3.8, 4) is 5.75 Å². The Morgan fingerprint density at radius 1 is 1.50 bits per heavy atom. The molecule has 1 rings (SSSR count). The van der Waals surface area contributed by atoms with Crippen LogP contribution in [0.1, 0.15) is 12.5 Å². The summed E-state index contributed by atoms with van der Waals surface area (Å²) in [4.78, 5) is 10.8. The van der Waals surface area contributed by atoms with Gasteiger partial charge < -0.3 is 5.11 Å². The third-order valence-corrected chi connectivity index (χ3v) is 2.49. The molecule has 0 saturated heterocycles. The van der Waals surface area contributed by atoms with Crippen LogP contribution in [0, 0.1) is 5.82 Å². The molecule has 0 aliphatic rings. The molecule has 0 amide bonds. The Morgan fingerprint density at radius 3 is 2.57 bits per heavy atom. The van der Waals surface area contributed by atoms with Gasteiger partial charge in [-0.2, -0.15) is 0 Å². The minimum atomic E-state index is -0.745. The molecule has 1 aromatic rings. The summed E-state index contributed by atoms with van der Waals surface area (Å²) in [5.41, 5.74) is 0.143. The Hall–Kier alpha value is -0.800. The summed E-state index contributed by atoms with van der Waals surface area (Å²) in [7, 11) is 0. The van der Waals surface area contributed by atoms with Crippen molar-refractivity contribution in [3.63, 3.8) is 0 Å². The van der Waals surface area contributed by atoms with Gasteiger partial charge >= 0.3 is 0 Å². The van der Waals surface area contributed by atoms with Crippen LogP contribution in [0.2, 0.25) is 10.0 Å². The smallest absolute Gasteiger partial charge is 0.143 e. The molecule has 1 N–H and O–H groups in total. The summed E-state index contributed by atoms with van der Waals surface area (Å²) in [5.74, 6) is -1.28. The maximum Gasteiger partial charge on any atom is 0.143 e. The lowest BCUT2D eigenvalue weighted by Crippen LogP contribution is -1.98. The van der Waals surface area contributed by atoms with Crippen LogP contribution in [0.5, 0.6) is 5.75 Å². The minimum Gasteiger partial charge on any atom is -0.506 e. The summed E-state index contributed by atoms with van der Waals surface area (Å²) in [6.45, 7) is 1.33. The second-order valence-corrected chi connectivity index (χ2v) is 3.63. The lowest BCUT2D eigenvalue weighted by Gasteiger charge is -2.06. The van der Waals surface area contributed by atoms with E-state index in [2.05, 4.69) is 0 Å². The Labute approximate surface area is 90.3 Å². The molecule has 0 aliphatic carbocycles. The number of carbonyl (C=O) groups excluding carboxylic acids is 1. The van der Waals surface area contributed by atoms with Gasteiger partial charge in [-0.05, 0) is 13.0 Å². The normalized spacial score (nSPS) is 10.3. The van der Waals surface area contributed by atoms with Crippen molar-refractivity contribution in [1.29, 1.82) is 0 Å². The number of benzene rings is 1. The van der Waals surface area contributed by atoms with Gasteiger partial charge in [0.2, 0.25) is 0 Å². The first-order chi connectivity index (χ1) is 6.43. The van der Waals surface area contributed by atoms with E-state index in [0.29, 0.717) is 0 Å². The molecular weight excluding hydrogens is 230 g/mol. The summed E-state index contributed by atoms with van der Waals surface area (Å²) >= 11 is 11.0. The highest BCUT2D eigenvalue weighted by Gasteiger charge is 2.15. The maximum atomic E-state index is 13.0. The van der Waals surface area contributed by atoms with Crippen LogP contribution < -0.4 is 0 Å². The van der Waals surface area contributed by atoms with E-state index >= 15 is 0 Å². The van der Waals surface area contributed by atoms with Crippen LogP contribution in [0.15, 0.2) is 6.07 Å². The van der Waals surface area contributed by atoms with Gasteiger partial charge in [0.25, 0.3) is 0 Å². The first kappa shape index (κ1) is 11.3. The molecule has 76 valence electrons. The first-order valence-corrected chi connectivity index (χ1v) is 4.54. The van der Waals surface area contributed by atoms with Gasteiger partial charge in [0, 0.05) is 12.0 Å². The number of halogens is 3. The van der Waals surface area contributed by atoms with Crippen molar-refractivity contribution in [2.45, 2.75) is 13.3 Å². The highest BCUT2D eigenvalue weighted by atomic mass is 35.5. The maximum absolute atomic E-state index is 13.0. The number of carbonyl (C=O) groups is 1. The molecule has 0 unspecified atom stereocenters. The lowest BCUT2D eigenvalue weighted by atomic mass is 10.1. The fraction of sp³-hybridized carbons (Fsp3) is 0.222. The van der Waals surface area contributed by atoms with Crippen LogP contribution in [0.4, 0.5) is 4.39 Å². The Kier molecular flexibility index (Phi) is 3.34. The fourth-order valence-electron chi connectivity index (χ4n) is 1.04. The molecular formula is C9H7Cl2FO2. The van der Waals surface area contributed by atoms with Gasteiger partial charge in [-0.15, -0.1) is 0 Å². The third-order valence-electron chi connectivity index (χ3n) is 1.65. The lowest BCUT2D eigenvalue weighted by molar-refractivity contribution is -0.116. The predicted octanol–water partition coefficient (Wildman–Crippen LogP) is 2.97. The van der Waals surface area contributed by atoms with Gasteiger partial charge in [-0.25, -0.2) is 4.39 Å². The van der Waals surface area contributed by atoms with Crippen LogP contribution in [0.25, 0.3) is 0 Å². The Balaban J connectivity index is 3.25. The molecule has 0 aliphatic heterocycles. The molecule has 0 fully saturated rings. The summed E-state index contributed by atoms with van der Waals surface area (Å²) in [6, 6.07) is 1.00. The predicted molar refractivity (Wildman–Crippen MR) is 52.5 cm³/mol. The van der Waals surface area contributed by atoms with Crippen molar-refractivity contribution in [2.24, 2.45) is 0 Å². The van der Waals surface area contributed by atoms with E-state index in [1.165, 1.54) is 6.92 Å². The zero-order valence-electron chi connectivity index (χ0n) is 7.27. The summed E-state index contributed by atoms with van der Waals surface area (Å²) in [5, 5.41) is 8.82. The van der Waals surface area contributed by atoms with Gasteiger partial charge in [-0.1, -0.05) is 23.2 Å². The quantitative estimate of drug-likeness (QED) is 0.802. The molecule has 0 heterocycles. The third kappa shape index (κ3) is 2.16. The average Bonchev–Trinajstić information content (AvgIpc) is 2.10. The minimum absolute atomic E-state index is 0.0698. The van der Waals surface area contributed by atoms with E-state index < -0.39 is 5.82 Å². The molecule has 0 atom stereocenters. The Morgan fingerprint density at radius 2 is 2.07 bits per heavy atom. The average molecular weight is 237 g/mol. The van der Waals surface area contributed by atoms with Crippen molar-refractivity contribution in [1.82, 2.24) is 0 Å².